The monoisotopic (exact) mass is 213 g/mol. The zero-order valence-corrected chi connectivity index (χ0v) is 9.40. The summed E-state index contributed by atoms with van der Waals surface area (Å²) in [6.07, 6.45) is 0.954. The lowest BCUT2D eigenvalue weighted by Gasteiger charge is -2.24. The number of hydrogen-bond donors (Lipinski definition) is 1. The summed E-state index contributed by atoms with van der Waals surface area (Å²) in [6.45, 7) is 6.59. The zero-order chi connectivity index (χ0) is 11.5. The molecule has 1 nitrogen and oxygen atoms in total. The van der Waals surface area contributed by atoms with E-state index in [1.807, 2.05) is 0 Å². The Kier molecular flexibility index (Phi) is 3.80. The molecule has 1 rings (SSSR count). The van der Waals surface area contributed by atoms with E-state index in [9.17, 15) is 8.78 Å². The quantitative estimate of drug-likeness (QED) is 0.809. The molecule has 0 heterocycles. The van der Waals surface area contributed by atoms with Gasteiger partial charge in [-0.05, 0) is 26.3 Å². The topological polar surface area (TPSA) is 12.0 Å². The summed E-state index contributed by atoms with van der Waals surface area (Å²) in [5.41, 5.74) is 0.471. The van der Waals surface area contributed by atoms with Crippen molar-refractivity contribution in [1.82, 2.24) is 5.32 Å². The van der Waals surface area contributed by atoms with Gasteiger partial charge in [0.05, 0.1) is 0 Å². The first-order valence-electron chi connectivity index (χ1n) is 5.13. The van der Waals surface area contributed by atoms with Gasteiger partial charge in [-0.25, -0.2) is 8.78 Å². The van der Waals surface area contributed by atoms with Gasteiger partial charge in [0.2, 0.25) is 0 Å². The minimum Gasteiger partial charge on any atom is -0.308 e. The highest BCUT2D eigenvalue weighted by molar-refractivity contribution is 5.18. The van der Waals surface area contributed by atoms with Crippen LogP contribution in [0.2, 0.25) is 0 Å². The van der Waals surface area contributed by atoms with Crippen LogP contribution in [0.5, 0.6) is 0 Å². The summed E-state index contributed by atoms with van der Waals surface area (Å²) in [4.78, 5) is 0. The molecule has 0 fully saturated rings. The van der Waals surface area contributed by atoms with E-state index in [1.165, 1.54) is 12.1 Å². The number of halogens is 2. The van der Waals surface area contributed by atoms with Gasteiger partial charge >= 0.3 is 0 Å². The second-order valence-corrected chi connectivity index (χ2v) is 4.33. The maximum atomic E-state index is 13.2. The highest BCUT2D eigenvalue weighted by Crippen LogP contribution is 2.12. The van der Waals surface area contributed by atoms with Gasteiger partial charge in [-0.3, -0.25) is 0 Å². The summed E-state index contributed by atoms with van der Waals surface area (Å²) in [5.74, 6) is -1.03. The number of benzene rings is 1. The fourth-order valence-electron chi connectivity index (χ4n) is 1.12. The van der Waals surface area contributed by atoms with Gasteiger partial charge in [0.25, 0.3) is 0 Å². The van der Waals surface area contributed by atoms with Crippen LogP contribution in [0.4, 0.5) is 8.78 Å². The maximum Gasteiger partial charge on any atom is 0.130 e. The van der Waals surface area contributed by atoms with Crippen LogP contribution in [0.1, 0.15) is 32.8 Å². The Balaban J connectivity index is 2.66. The minimum absolute atomic E-state index is 0.0270. The molecule has 3 heteroatoms. The summed E-state index contributed by atoms with van der Waals surface area (Å²) < 4.78 is 25.9. The third-order valence-corrected chi connectivity index (χ3v) is 2.66. The molecule has 1 N–H and O–H groups in total. The highest BCUT2D eigenvalue weighted by Gasteiger charge is 2.14. The molecule has 0 aliphatic carbocycles. The maximum absolute atomic E-state index is 13.2. The first kappa shape index (κ1) is 12.1. The van der Waals surface area contributed by atoms with Gasteiger partial charge in [-0.15, -0.1) is 0 Å². The second-order valence-electron chi connectivity index (χ2n) is 4.33. The van der Waals surface area contributed by atoms with Gasteiger partial charge in [-0.1, -0.05) is 13.0 Å². The van der Waals surface area contributed by atoms with E-state index in [4.69, 9.17) is 0 Å². The molecule has 0 saturated carbocycles. The molecule has 1 aromatic carbocycles. The number of hydrogen-bond acceptors (Lipinski definition) is 1. The lowest BCUT2D eigenvalue weighted by Crippen LogP contribution is -2.38. The average molecular weight is 213 g/mol. The van der Waals surface area contributed by atoms with Crippen LogP contribution >= 0.6 is 0 Å². The fraction of sp³-hybridized carbons (Fsp3) is 0.500. The fourth-order valence-corrected chi connectivity index (χ4v) is 1.12. The zero-order valence-electron chi connectivity index (χ0n) is 9.40. The molecule has 0 aliphatic rings. The van der Waals surface area contributed by atoms with E-state index in [2.05, 4.69) is 26.1 Å². The minimum atomic E-state index is -0.536. The van der Waals surface area contributed by atoms with E-state index in [0.717, 1.165) is 12.5 Å². The van der Waals surface area contributed by atoms with E-state index in [-0.39, 0.29) is 5.54 Å². The lowest BCUT2D eigenvalue weighted by atomic mass is 10.0. The van der Waals surface area contributed by atoms with Crippen molar-refractivity contribution in [3.05, 3.63) is 35.4 Å². The van der Waals surface area contributed by atoms with Gasteiger partial charge in [0.15, 0.2) is 0 Å². The van der Waals surface area contributed by atoms with Crippen molar-refractivity contribution in [2.75, 3.05) is 0 Å². The Morgan fingerprint density at radius 1 is 1.27 bits per heavy atom. The lowest BCUT2D eigenvalue weighted by molar-refractivity contribution is 0.370. The molecule has 1 aromatic rings. The van der Waals surface area contributed by atoms with E-state index in [1.54, 1.807) is 0 Å². The SMILES string of the molecule is CCC(C)(C)NCc1ccc(F)cc1F. The van der Waals surface area contributed by atoms with E-state index >= 15 is 0 Å². The predicted molar refractivity (Wildman–Crippen MR) is 57.6 cm³/mol. The van der Waals surface area contributed by atoms with Crippen molar-refractivity contribution >= 4 is 0 Å². The molecule has 84 valence electrons. The van der Waals surface area contributed by atoms with Crippen molar-refractivity contribution in [1.29, 1.82) is 0 Å². The Labute approximate surface area is 89.5 Å². The third kappa shape index (κ3) is 3.59. The van der Waals surface area contributed by atoms with Crippen LogP contribution < -0.4 is 5.32 Å². The standard InChI is InChI=1S/C12H17F2N/c1-4-12(2,3)15-8-9-5-6-10(13)7-11(9)14/h5-7,15H,4,8H2,1-3H3. The molecule has 0 aromatic heterocycles. The smallest absolute Gasteiger partial charge is 0.130 e. The molecule has 0 saturated heterocycles. The summed E-state index contributed by atoms with van der Waals surface area (Å²) >= 11 is 0. The van der Waals surface area contributed by atoms with Crippen LogP contribution in [0.15, 0.2) is 18.2 Å². The molecule has 0 amide bonds. The van der Waals surface area contributed by atoms with E-state index < -0.39 is 11.6 Å². The van der Waals surface area contributed by atoms with Crippen molar-refractivity contribution < 1.29 is 8.78 Å². The van der Waals surface area contributed by atoms with Crippen LogP contribution in [-0.2, 0) is 6.54 Å². The Morgan fingerprint density at radius 2 is 1.93 bits per heavy atom. The van der Waals surface area contributed by atoms with Crippen LogP contribution in [0.25, 0.3) is 0 Å². The van der Waals surface area contributed by atoms with Gasteiger partial charge in [-0.2, -0.15) is 0 Å². The average Bonchev–Trinajstić information content (AvgIpc) is 2.16. The largest absolute Gasteiger partial charge is 0.308 e. The van der Waals surface area contributed by atoms with Crippen molar-refractivity contribution in [2.45, 2.75) is 39.3 Å². The molecule has 0 bridgehead atoms. The molecule has 0 atom stereocenters. The van der Waals surface area contributed by atoms with Gasteiger partial charge in [0.1, 0.15) is 11.6 Å². The molecule has 0 unspecified atom stereocenters. The first-order valence-corrected chi connectivity index (χ1v) is 5.13. The van der Waals surface area contributed by atoms with E-state index in [0.29, 0.717) is 12.1 Å². The van der Waals surface area contributed by atoms with Crippen LogP contribution in [-0.4, -0.2) is 5.54 Å². The summed E-state index contributed by atoms with van der Waals surface area (Å²) in [6, 6.07) is 3.67. The third-order valence-electron chi connectivity index (χ3n) is 2.66. The van der Waals surface area contributed by atoms with Crippen molar-refractivity contribution in [3.63, 3.8) is 0 Å². The first-order chi connectivity index (χ1) is 6.94. The molecule has 0 radical (unpaired) electrons. The number of nitrogens with one attached hydrogen (secondary N) is 1. The molecule has 0 aliphatic heterocycles. The van der Waals surface area contributed by atoms with Crippen LogP contribution in [0, 0.1) is 11.6 Å². The van der Waals surface area contributed by atoms with Gasteiger partial charge < -0.3 is 5.32 Å². The van der Waals surface area contributed by atoms with Crippen LogP contribution in [0.3, 0.4) is 0 Å². The number of rotatable bonds is 4. The molecule has 15 heavy (non-hydrogen) atoms. The highest BCUT2D eigenvalue weighted by atomic mass is 19.1. The molecular formula is C12H17F2N. The normalized spacial score (nSPS) is 11.8. The Morgan fingerprint density at radius 3 is 2.47 bits per heavy atom. The van der Waals surface area contributed by atoms with Crippen molar-refractivity contribution in [3.8, 4) is 0 Å². The summed E-state index contributed by atoms with van der Waals surface area (Å²) in [5, 5.41) is 3.22. The molecule has 0 spiro atoms. The summed E-state index contributed by atoms with van der Waals surface area (Å²) in [7, 11) is 0. The Bertz CT molecular complexity index is 334. The van der Waals surface area contributed by atoms with Crippen molar-refractivity contribution in [2.24, 2.45) is 0 Å². The second kappa shape index (κ2) is 4.71. The van der Waals surface area contributed by atoms with Gasteiger partial charge in [0, 0.05) is 23.7 Å². The predicted octanol–water partition coefficient (Wildman–Crippen LogP) is 3.24. The Hall–Kier alpha value is -0.960. The molecular weight excluding hydrogens is 196 g/mol.